The second kappa shape index (κ2) is 9.58. The molecule has 0 saturated carbocycles. The van der Waals surface area contributed by atoms with E-state index in [1.54, 1.807) is 0 Å². The summed E-state index contributed by atoms with van der Waals surface area (Å²) in [5, 5.41) is 1.97. The maximum absolute atomic E-state index is 6.48. The third-order valence-electron chi connectivity index (χ3n) is 3.76. The summed E-state index contributed by atoms with van der Waals surface area (Å²) in [5.74, 6) is 0.695. The number of halogens is 4. The molecule has 138 valence electrons. The van der Waals surface area contributed by atoms with Crippen LogP contribution in [0.2, 0.25) is 10.0 Å². The van der Waals surface area contributed by atoms with Gasteiger partial charge in [-0.15, -0.1) is 0 Å². The van der Waals surface area contributed by atoms with Gasteiger partial charge in [-0.05, 0) is 45.3 Å². The van der Waals surface area contributed by atoms with E-state index in [9.17, 15) is 0 Å². The van der Waals surface area contributed by atoms with E-state index in [2.05, 4.69) is 31.9 Å². The molecular formula is C19H16Br2Cl2O3. The van der Waals surface area contributed by atoms with Crippen LogP contribution in [0.5, 0.6) is 5.75 Å². The summed E-state index contributed by atoms with van der Waals surface area (Å²) in [6, 6.07) is 9.50. The Morgan fingerprint density at radius 1 is 1.12 bits per heavy atom. The van der Waals surface area contributed by atoms with Crippen LogP contribution in [-0.4, -0.2) is 25.2 Å². The molecule has 26 heavy (non-hydrogen) atoms. The lowest BCUT2D eigenvalue weighted by Gasteiger charge is -2.17. The van der Waals surface area contributed by atoms with Crippen LogP contribution in [0.15, 0.2) is 34.8 Å². The van der Waals surface area contributed by atoms with E-state index in [1.807, 2.05) is 42.5 Å². The molecular weight excluding hydrogens is 507 g/mol. The van der Waals surface area contributed by atoms with Crippen molar-refractivity contribution in [3.05, 3.63) is 61.5 Å². The molecule has 0 amide bonds. The molecule has 1 fully saturated rings. The average molecular weight is 523 g/mol. The zero-order valence-corrected chi connectivity index (χ0v) is 18.4. The van der Waals surface area contributed by atoms with E-state index < -0.39 is 6.29 Å². The lowest BCUT2D eigenvalue weighted by Crippen LogP contribution is -2.06. The molecule has 1 aliphatic rings. The number of hydrogen-bond acceptors (Lipinski definition) is 3. The quantitative estimate of drug-likeness (QED) is 0.310. The first-order valence-corrected chi connectivity index (χ1v) is 10.6. The van der Waals surface area contributed by atoms with Crippen LogP contribution in [0, 0.1) is 0 Å². The molecule has 2 aromatic carbocycles. The molecule has 0 spiro atoms. The van der Waals surface area contributed by atoms with Crippen LogP contribution in [0.25, 0.3) is 12.2 Å². The van der Waals surface area contributed by atoms with Crippen molar-refractivity contribution < 1.29 is 14.2 Å². The average Bonchev–Trinajstić information content (AvgIpc) is 3.17. The first kappa shape index (κ1) is 20.2. The van der Waals surface area contributed by atoms with Crippen molar-refractivity contribution in [2.24, 2.45) is 0 Å². The summed E-state index contributed by atoms with van der Waals surface area (Å²) in [7, 11) is 0. The van der Waals surface area contributed by atoms with Gasteiger partial charge in [-0.2, -0.15) is 0 Å². The third-order valence-corrected chi connectivity index (χ3v) is 5.73. The number of benzene rings is 2. The largest absolute Gasteiger partial charge is 0.492 e. The van der Waals surface area contributed by atoms with Gasteiger partial charge in [0.1, 0.15) is 5.75 Å². The van der Waals surface area contributed by atoms with E-state index in [0.29, 0.717) is 35.6 Å². The van der Waals surface area contributed by atoms with Gasteiger partial charge in [0.2, 0.25) is 0 Å². The standard InChI is InChI=1S/C19H16Br2Cl2O3/c20-6-7-24-17-10-13(5-4-12-2-1-3-15(21)18(12)23)16(22)11-14(17)19-25-8-9-26-19/h1-5,10-11,19H,6-9H2. The predicted molar refractivity (Wildman–Crippen MR) is 113 cm³/mol. The molecule has 0 atom stereocenters. The van der Waals surface area contributed by atoms with Crippen LogP contribution in [-0.2, 0) is 9.47 Å². The molecule has 0 unspecified atom stereocenters. The summed E-state index contributed by atoms with van der Waals surface area (Å²) in [6.07, 6.45) is 3.39. The van der Waals surface area contributed by atoms with Crippen LogP contribution < -0.4 is 4.74 Å². The molecule has 3 rings (SSSR count). The van der Waals surface area contributed by atoms with Crippen molar-refractivity contribution in [2.45, 2.75) is 6.29 Å². The highest BCUT2D eigenvalue weighted by Crippen LogP contribution is 2.36. The molecule has 0 radical (unpaired) electrons. The first-order valence-electron chi connectivity index (χ1n) is 7.97. The number of alkyl halides is 1. The summed E-state index contributed by atoms with van der Waals surface area (Å²) in [5.41, 5.74) is 2.52. The number of hydrogen-bond donors (Lipinski definition) is 0. The van der Waals surface area contributed by atoms with Gasteiger partial charge in [0.15, 0.2) is 6.29 Å². The highest BCUT2D eigenvalue weighted by Gasteiger charge is 2.23. The number of ether oxygens (including phenoxy) is 3. The van der Waals surface area contributed by atoms with Crippen molar-refractivity contribution in [3.8, 4) is 5.75 Å². The maximum atomic E-state index is 6.48. The zero-order valence-electron chi connectivity index (χ0n) is 13.7. The Kier molecular flexibility index (Phi) is 7.44. The Morgan fingerprint density at radius 3 is 2.58 bits per heavy atom. The van der Waals surface area contributed by atoms with Gasteiger partial charge in [0.25, 0.3) is 0 Å². The molecule has 1 aliphatic heterocycles. The van der Waals surface area contributed by atoms with Crippen molar-refractivity contribution >= 4 is 67.2 Å². The SMILES string of the molecule is Clc1cc(C2OCCO2)c(OCCBr)cc1C=Cc1cccc(Br)c1Cl. The van der Waals surface area contributed by atoms with E-state index in [-0.39, 0.29) is 0 Å². The minimum absolute atomic E-state index is 0.449. The minimum Gasteiger partial charge on any atom is -0.492 e. The van der Waals surface area contributed by atoms with Gasteiger partial charge in [-0.1, -0.05) is 63.4 Å². The number of rotatable bonds is 6. The molecule has 2 aromatic rings. The van der Waals surface area contributed by atoms with Gasteiger partial charge < -0.3 is 14.2 Å². The van der Waals surface area contributed by atoms with Crippen molar-refractivity contribution in [3.63, 3.8) is 0 Å². The highest BCUT2D eigenvalue weighted by molar-refractivity contribution is 9.10. The van der Waals surface area contributed by atoms with E-state index in [4.69, 9.17) is 37.4 Å². The van der Waals surface area contributed by atoms with Crippen LogP contribution in [0.4, 0.5) is 0 Å². The van der Waals surface area contributed by atoms with E-state index >= 15 is 0 Å². The van der Waals surface area contributed by atoms with E-state index in [0.717, 1.165) is 26.5 Å². The molecule has 0 bridgehead atoms. The fourth-order valence-corrected chi connectivity index (χ4v) is 3.50. The van der Waals surface area contributed by atoms with Crippen LogP contribution in [0.3, 0.4) is 0 Å². The molecule has 3 nitrogen and oxygen atoms in total. The first-order chi connectivity index (χ1) is 12.6. The smallest absolute Gasteiger partial charge is 0.187 e. The van der Waals surface area contributed by atoms with Crippen LogP contribution in [0.1, 0.15) is 23.0 Å². The lowest BCUT2D eigenvalue weighted by atomic mass is 10.1. The van der Waals surface area contributed by atoms with Crippen molar-refractivity contribution in [1.29, 1.82) is 0 Å². The second-order valence-electron chi connectivity index (χ2n) is 5.50. The molecule has 0 aromatic heterocycles. The van der Waals surface area contributed by atoms with Crippen LogP contribution >= 0.6 is 55.1 Å². The van der Waals surface area contributed by atoms with Gasteiger partial charge in [-0.3, -0.25) is 0 Å². The predicted octanol–water partition coefficient (Wildman–Crippen LogP) is 6.75. The van der Waals surface area contributed by atoms with Crippen molar-refractivity contribution in [2.75, 3.05) is 25.2 Å². The molecule has 7 heteroatoms. The molecule has 1 heterocycles. The van der Waals surface area contributed by atoms with Crippen molar-refractivity contribution in [1.82, 2.24) is 0 Å². The lowest BCUT2D eigenvalue weighted by molar-refractivity contribution is -0.0456. The summed E-state index contributed by atoms with van der Waals surface area (Å²) < 4.78 is 17.9. The highest BCUT2D eigenvalue weighted by atomic mass is 79.9. The monoisotopic (exact) mass is 520 g/mol. The Labute approximate surface area is 179 Å². The third kappa shape index (κ3) is 4.83. The summed E-state index contributed by atoms with van der Waals surface area (Å²) >= 11 is 19.6. The molecule has 0 N–H and O–H groups in total. The topological polar surface area (TPSA) is 27.7 Å². The van der Waals surface area contributed by atoms with Gasteiger partial charge >= 0.3 is 0 Å². The summed E-state index contributed by atoms with van der Waals surface area (Å²) in [6.45, 7) is 1.65. The Morgan fingerprint density at radius 2 is 1.85 bits per heavy atom. The Hall–Kier alpha value is -0.560. The van der Waals surface area contributed by atoms with Gasteiger partial charge in [0.05, 0.1) is 30.4 Å². The molecule has 1 saturated heterocycles. The molecule has 0 aliphatic carbocycles. The minimum atomic E-state index is -0.449. The van der Waals surface area contributed by atoms with E-state index in [1.165, 1.54) is 0 Å². The fraction of sp³-hybridized carbons (Fsp3) is 0.263. The normalized spacial score (nSPS) is 15.1. The Bertz CT molecular complexity index is 806. The van der Waals surface area contributed by atoms with Gasteiger partial charge in [0, 0.05) is 14.8 Å². The second-order valence-corrected chi connectivity index (χ2v) is 7.93. The summed E-state index contributed by atoms with van der Waals surface area (Å²) in [4.78, 5) is 0. The maximum Gasteiger partial charge on any atom is 0.187 e. The fourth-order valence-electron chi connectivity index (χ4n) is 2.54. The van der Waals surface area contributed by atoms with Gasteiger partial charge in [-0.25, -0.2) is 0 Å². The Balaban J connectivity index is 1.93. The zero-order chi connectivity index (χ0) is 18.5.